The molecule has 7 heteroatoms. The van der Waals surface area contributed by atoms with E-state index in [0.29, 0.717) is 0 Å². The maximum absolute atomic E-state index is 12.3. The van der Waals surface area contributed by atoms with Gasteiger partial charge in [0.1, 0.15) is 11.9 Å². The first kappa shape index (κ1) is 25.5. The van der Waals surface area contributed by atoms with Crippen LogP contribution in [0.2, 0.25) is 0 Å². The average Bonchev–Trinajstić information content (AvgIpc) is 3.09. The predicted molar refractivity (Wildman–Crippen MR) is 148 cm³/mol. The number of nitrogens with one attached hydrogen (secondary N) is 2. The number of amides is 2. The summed E-state index contributed by atoms with van der Waals surface area (Å²) in [7, 11) is 2.18. The minimum Gasteiger partial charge on any atom is -0.362 e. The smallest absolute Gasteiger partial charge is 0.319 e. The van der Waals surface area contributed by atoms with Crippen LogP contribution in [0.3, 0.4) is 0 Å². The average molecular weight is 502 g/mol. The second-order valence-corrected chi connectivity index (χ2v) is 11.4. The van der Waals surface area contributed by atoms with Gasteiger partial charge < -0.3 is 24.8 Å². The highest BCUT2D eigenvalue weighted by Gasteiger charge is 2.32. The number of piperidine rings is 1. The standard InChI is InChI=1S/C30H39N5O2/c1-20-26(22-10-12-23(13-11-22)31-29(36)33-30(2,3)4)32-28-27(37-24-15-17-34(5)18-16-24)25-9-7-6-8-21(25)14-19-35(20)28/h6-13,24,27H,14-19H2,1-5H3,(H2,31,33,36). The first-order valence-corrected chi connectivity index (χ1v) is 13.4. The molecule has 2 amide bonds. The molecule has 1 atom stereocenters. The van der Waals surface area contributed by atoms with Gasteiger partial charge in [-0.25, -0.2) is 9.78 Å². The molecule has 1 unspecified atom stereocenters. The number of hydrogen-bond donors (Lipinski definition) is 2. The Morgan fingerprint density at radius 1 is 1.03 bits per heavy atom. The van der Waals surface area contributed by atoms with E-state index in [1.807, 2.05) is 45.0 Å². The Balaban J connectivity index is 1.43. The van der Waals surface area contributed by atoms with Crippen LogP contribution in [0.4, 0.5) is 10.5 Å². The fourth-order valence-corrected chi connectivity index (χ4v) is 5.36. The van der Waals surface area contributed by atoms with Crippen LogP contribution in [0.1, 0.15) is 62.4 Å². The summed E-state index contributed by atoms with van der Waals surface area (Å²) in [5.41, 5.74) is 6.19. The van der Waals surface area contributed by atoms with Gasteiger partial charge >= 0.3 is 6.03 Å². The fraction of sp³-hybridized carbons (Fsp3) is 0.467. The van der Waals surface area contributed by atoms with Gasteiger partial charge in [0.2, 0.25) is 0 Å². The third-order valence-electron chi connectivity index (χ3n) is 7.33. The van der Waals surface area contributed by atoms with E-state index in [4.69, 9.17) is 9.72 Å². The van der Waals surface area contributed by atoms with Gasteiger partial charge in [-0.05, 0) is 77.3 Å². The summed E-state index contributed by atoms with van der Waals surface area (Å²) < 4.78 is 9.20. The summed E-state index contributed by atoms with van der Waals surface area (Å²) in [6.07, 6.45) is 3.09. The number of carbonyl (C=O) groups excluding carboxylic acids is 1. The summed E-state index contributed by atoms with van der Waals surface area (Å²) in [5, 5.41) is 5.84. The van der Waals surface area contributed by atoms with Gasteiger partial charge in [0.25, 0.3) is 0 Å². The Bertz CT molecular complexity index is 1250. The predicted octanol–water partition coefficient (Wildman–Crippen LogP) is 5.53. The summed E-state index contributed by atoms with van der Waals surface area (Å²) in [5.74, 6) is 0.989. The lowest BCUT2D eigenvalue weighted by atomic mass is 10.00. The Kier molecular flexibility index (Phi) is 7.10. The van der Waals surface area contributed by atoms with Gasteiger partial charge in [0.15, 0.2) is 0 Å². The monoisotopic (exact) mass is 501 g/mol. The third kappa shape index (κ3) is 5.73. The first-order valence-electron chi connectivity index (χ1n) is 13.4. The number of aromatic nitrogens is 2. The van der Waals surface area contributed by atoms with Gasteiger partial charge in [-0.3, -0.25) is 0 Å². The molecule has 0 saturated carbocycles. The molecule has 0 radical (unpaired) electrons. The summed E-state index contributed by atoms with van der Waals surface area (Å²) in [4.78, 5) is 19.8. The normalized spacial score (nSPS) is 18.6. The molecule has 2 aliphatic rings. The second kappa shape index (κ2) is 10.3. The Hall–Kier alpha value is -3.16. The van der Waals surface area contributed by atoms with Crippen LogP contribution < -0.4 is 10.6 Å². The maximum atomic E-state index is 12.3. The quantitative estimate of drug-likeness (QED) is 0.493. The number of imidazole rings is 1. The zero-order valence-corrected chi connectivity index (χ0v) is 22.7. The van der Waals surface area contributed by atoms with Crippen LogP contribution in [0, 0.1) is 6.92 Å². The van der Waals surface area contributed by atoms with Crippen molar-refractivity contribution in [3.63, 3.8) is 0 Å². The molecule has 196 valence electrons. The lowest BCUT2D eigenvalue weighted by Crippen LogP contribution is -2.43. The molecule has 3 heterocycles. The van der Waals surface area contributed by atoms with Gasteiger partial charge in [-0.2, -0.15) is 0 Å². The van der Waals surface area contributed by atoms with Crippen molar-refractivity contribution in [3.8, 4) is 11.3 Å². The molecule has 2 aliphatic heterocycles. The van der Waals surface area contributed by atoms with E-state index >= 15 is 0 Å². The van der Waals surface area contributed by atoms with E-state index in [2.05, 4.69) is 58.3 Å². The summed E-state index contributed by atoms with van der Waals surface area (Å²) in [6.45, 7) is 11.0. The van der Waals surface area contributed by atoms with E-state index in [0.717, 1.165) is 67.4 Å². The molecular formula is C30H39N5O2. The molecule has 2 aromatic carbocycles. The fourth-order valence-electron chi connectivity index (χ4n) is 5.36. The van der Waals surface area contributed by atoms with Gasteiger partial charge in [0, 0.05) is 42.1 Å². The molecule has 1 aromatic heterocycles. The van der Waals surface area contributed by atoms with Crippen LogP contribution >= 0.6 is 0 Å². The van der Waals surface area contributed by atoms with Crippen LogP contribution in [0.25, 0.3) is 11.3 Å². The van der Waals surface area contributed by atoms with Crippen LogP contribution in [-0.4, -0.2) is 52.3 Å². The summed E-state index contributed by atoms with van der Waals surface area (Å²) >= 11 is 0. The molecule has 0 aliphatic carbocycles. The number of rotatable bonds is 4. The minimum atomic E-state index is -0.292. The van der Waals surface area contributed by atoms with Crippen LogP contribution in [0.5, 0.6) is 0 Å². The highest BCUT2D eigenvalue weighted by molar-refractivity contribution is 5.90. The molecule has 1 saturated heterocycles. The minimum absolute atomic E-state index is 0.179. The third-order valence-corrected chi connectivity index (χ3v) is 7.33. The molecule has 5 rings (SSSR count). The summed E-state index contributed by atoms with van der Waals surface area (Å²) in [6, 6.07) is 16.4. The molecule has 0 spiro atoms. The molecule has 0 bridgehead atoms. The molecule has 7 nitrogen and oxygen atoms in total. The van der Waals surface area contributed by atoms with Crippen molar-refractivity contribution in [1.82, 2.24) is 19.8 Å². The number of benzene rings is 2. The van der Waals surface area contributed by atoms with E-state index in [9.17, 15) is 4.79 Å². The molecular weight excluding hydrogens is 462 g/mol. The largest absolute Gasteiger partial charge is 0.362 e. The lowest BCUT2D eigenvalue weighted by Gasteiger charge is -2.32. The maximum Gasteiger partial charge on any atom is 0.319 e. The zero-order valence-electron chi connectivity index (χ0n) is 22.7. The van der Waals surface area contributed by atoms with Crippen molar-refractivity contribution in [2.45, 2.75) is 71.2 Å². The Morgan fingerprint density at radius 3 is 2.43 bits per heavy atom. The van der Waals surface area contributed by atoms with E-state index in [1.54, 1.807) is 0 Å². The second-order valence-electron chi connectivity index (χ2n) is 11.4. The number of likely N-dealkylation sites (tertiary alicyclic amines) is 1. The number of anilines is 1. The van der Waals surface area contributed by atoms with Gasteiger partial charge in [0.05, 0.1) is 11.8 Å². The SMILES string of the molecule is Cc1c(-c2ccc(NC(=O)NC(C)(C)C)cc2)nc2n1CCc1ccccc1C2OC1CCN(C)CC1. The van der Waals surface area contributed by atoms with Gasteiger partial charge in [-0.15, -0.1) is 0 Å². The highest BCUT2D eigenvalue weighted by atomic mass is 16.5. The Morgan fingerprint density at radius 2 is 1.73 bits per heavy atom. The van der Waals surface area contributed by atoms with E-state index in [-0.39, 0.29) is 23.8 Å². The molecule has 37 heavy (non-hydrogen) atoms. The molecule has 2 N–H and O–H groups in total. The van der Waals surface area contributed by atoms with Crippen molar-refractivity contribution < 1.29 is 9.53 Å². The highest BCUT2D eigenvalue weighted by Crippen LogP contribution is 2.37. The van der Waals surface area contributed by atoms with Crippen molar-refractivity contribution in [2.24, 2.45) is 0 Å². The van der Waals surface area contributed by atoms with Crippen molar-refractivity contribution in [2.75, 3.05) is 25.5 Å². The van der Waals surface area contributed by atoms with Crippen molar-refractivity contribution in [1.29, 1.82) is 0 Å². The number of nitrogens with zero attached hydrogens (tertiary/aromatic N) is 3. The Labute approximate surface area is 220 Å². The van der Waals surface area contributed by atoms with Crippen LogP contribution in [0.15, 0.2) is 48.5 Å². The number of aryl methyl sites for hydroxylation is 1. The first-order chi connectivity index (χ1) is 17.7. The zero-order chi connectivity index (χ0) is 26.2. The number of fused-ring (bicyclic) bond motifs is 2. The number of ether oxygens (including phenoxy) is 1. The number of hydrogen-bond acceptors (Lipinski definition) is 4. The lowest BCUT2D eigenvalue weighted by molar-refractivity contribution is -0.0276. The number of urea groups is 1. The molecule has 3 aromatic rings. The van der Waals surface area contributed by atoms with E-state index in [1.165, 1.54) is 11.1 Å². The van der Waals surface area contributed by atoms with Crippen molar-refractivity contribution in [3.05, 3.63) is 71.2 Å². The number of carbonyl (C=O) groups is 1. The van der Waals surface area contributed by atoms with Crippen molar-refractivity contribution >= 4 is 11.7 Å². The van der Waals surface area contributed by atoms with Crippen LogP contribution in [-0.2, 0) is 17.7 Å². The topological polar surface area (TPSA) is 71.4 Å². The molecule has 1 fully saturated rings. The van der Waals surface area contributed by atoms with Gasteiger partial charge in [-0.1, -0.05) is 36.4 Å². The van der Waals surface area contributed by atoms with E-state index < -0.39 is 0 Å².